The molecule has 38 heavy (non-hydrogen) atoms. The minimum atomic E-state index is -0.854. The maximum Gasteiger partial charge on any atom is 0.412 e. The molecule has 0 spiro atoms. The lowest BCUT2D eigenvalue weighted by Gasteiger charge is -2.25. The number of methoxy groups -OCH3 is 1. The van der Waals surface area contributed by atoms with Crippen molar-refractivity contribution < 1.29 is 24.2 Å². The van der Waals surface area contributed by atoms with Crippen molar-refractivity contribution in [1.82, 2.24) is 10.6 Å². The van der Waals surface area contributed by atoms with Crippen LogP contribution in [-0.4, -0.2) is 48.5 Å². The van der Waals surface area contributed by atoms with Crippen molar-refractivity contribution in [2.45, 2.75) is 51.5 Å². The Bertz CT molecular complexity index is 1190. The number of nitrogens with one attached hydrogen (secondary N) is 3. The monoisotopic (exact) mass is 519 g/mol. The van der Waals surface area contributed by atoms with Crippen molar-refractivity contribution in [2.24, 2.45) is 0 Å². The van der Waals surface area contributed by atoms with E-state index in [0.29, 0.717) is 24.2 Å². The van der Waals surface area contributed by atoms with Gasteiger partial charge in [-0.05, 0) is 68.7 Å². The first-order valence-corrected chi connectivity index (χ1v) is 12.6. The van der Waals surface area contributed by atoms with Gasteiger partial charge < -0.3 is 25.2 Å². The first kappa shape index (κ1) is 28.7. The molecule has 0 fully saturated rings. The normalized spacial score (nSPS) is 12.8. The van der Waals surface area contributed by atoms with Gasteiger partial charge in [0, 0.05) is 24.3 Å². The Kier molecular flexibility index (Phi) is 10.3. The zero-order chi connectivity index (χ0) is 27.5. The molecule has 3 aromatic rings. The van der Waals surface area contributed by atoms with Gasteiger partial charge in [0.25, 0.3) is 5.91 Å². The van der Waals surface area contributed by atoms with Gasteiger partial charge in [-0.3, -0.25) is 10.1 Å². The maximum atomic E-state index is 13.2. The molecular weight excluding hydrogens is 482 g/mol. The van der Waals surface area contributed by atoms with Crippen molar-refractivity contribution in [3.63, 3.8) is 0 Å². The van der Waals surface area contributed by atoms with Crippen LogP contribution in [0.1, 0.15) is 42.3 Å². The Morgan fingerprint density at radius 1 is 0.921 bits per heavy atom. The molecule has 2 amide bonds. The molecule has 0 bridgehead atoms. The lowest BCUT2D eigenvalue weighted by Crippen LogP contribution is -2.48. The Balaban J connectivity index is 1.66. The molecule has 8 nitrogen and oxygen atoms in total. The summed E-state index contributed by atoms with van der Waals surface area (Å²) in [5, 5.41) is 19.9. The zero-order valence-electron chi connectivity index (χ0n) is 22.4. The highest BCUT2D eigenvalue weighted by molar-refractivity contribution is 5.96. The van der Waals surface area contributed by atoms with Crippen LogP contribution in [0.3, 0.4) is 0 Å². The third-order valence-electron chi connectivity index (χ3n) is 5.67. The lowest BCUT2D eigenvalue weighted by atomic mass is 10.00. The summed E-state index contributed by atoms with van der Waals surface area (Å²) in [5.41, 5.74) is 2.17. The highest BCUT2D eigenvalue weighted by atomic mass is 16.6. The van der Waals surface area contributed by atoms with Crippen LogP contribution >= 0.6 is 0 Å². The second-order valence-electron chi connectivity index (χ2n) is 10.0. The fourth-order valence-electron chi connectivity index (χ4n) is 3.85. The van der Waals surface area contributed by atoms with Crippen LogP contribution in [0.2, 0.25) is 0 Å². The summed E-state index contributed by atoms with van der Waals surface area (Å²) in [7, 11) is 1.62. The van der Waals surface area contributed by atoms with E-state index in [0.717, 1.165) is 16.9 Å². The van der Waals surface area contributed by atoms with Gasteiger partial charge in [0.05, 0.1) is 19.3 Å². The molecule has 3 aromatic carbocycles. The van der Waals surface area contributed by atoms with E-state index < -0.39 is 23.8 Å². The van der Waals surface area contributed by atoms with Crippen LogP contribution < -0.4 is 20.7 Å². The van der Waals surface area contributed by atoms with Crippen LogP contribution in [0, 0.1) is 0 Å². The van der Waals surface area contributed by atoms with E-state index in [4.69, 9.17) is 9.47 Å². The molecule has 0 heterocycles. The first-order valence-electron chi connectivity index (χ1n) is 12.6. The maximum absolute atomic E-state index is 13.2. The fourth-order valence-corrected chi connectivity index (χ4v) is 3.85. The lowest BCUT2D eigenvalue weighted by molar-refractivity contribution is 0.0635. The van der Waals surface area contributed by atoms with Gasteiger partial charge in [0.1, 0.15) is 11.4 Å². The second-order valence-corrected chi connectivity index (χ2v) is 10.0. The molecule has 0 saturated carbocycles. The molecule has 4 N–H and O–H groups in total. The number of aliphatic hydroxyl groups excluding tert-OH is 1. The molecule has 0 saturated heterocycles. The largest absolute Gasteiger partial charge is 0.497 e. The van der Waals surface area contributed by atoms with Crippen LogP contribution in [0.5, 0.6) is 5.75 Å². The van der Waals surface area contributed by atoms with Gasteiger partial charge in [-0.25, -0.2) is 4.79 Å². The standard InChI is InChI=1S/C30H37N3O5/c1-30(2,3)38-29(36)32-24-14-9-13-23(18-24)28(35)33-26(17-21-10-6-5-7-11-21)27(34)20-31-19-22-12-8-15-25(16-22)37-4/h5-16,18,26-27,31,34H,17,19-20H2,1-4H3,(H,32,36)(H,33,35)/t26-,27-/m0/s1. The number of rotatable bonds is 11. The second kappa shape index (κ2) is 13.6. The molecule has 0 aliphatic heterocycles. The third-order valence-corrected chi connectivity index (χ3v) is 5.67. The minimum Gasteiger partial charge on any atom is -0.497 e. The third kappa shape index (κ3) is 9.53. The summed E-state index contributed by atoms with van der Waals surface area (Å²) in [4.78, 5) is 25.3. The van der Waals surface area contributed by atoms with Crippen molar-refractivity contribution in [3.8, 4) is 5.75 Å². The molecular formula is C30H37N3O5. The van der Waals surface area contributed by atoms with Crippen LogP contribution in [0.25, 0.3) is 0 Å². The summed E-state index contributed by atoms with van der Waals surface area (Å²) >= 11 is 0. The summed E-state index contributed by atoms with van der Waals surface area (Å²) < 4.78 is 10.6. The zero-order valence-corrected chi connectivity index (χ0v) is 22.4. The van der Waals surface area contributed by atoms with E-state index in [1.165, 1.54) is 0 Å². The van der Waals surface area contributed by atoms with Crippen molar-refractivity contribution in [2.75, 3.05) is 19.0 Å². The number of hydrogen-bond acceptors (Lipinski definition) is 6. The Morgan fingerprint density at radius 3 is 2.34 bits per heavy atom. The number of hydrogen-bond donors (Lipinski definition) is 4. The predicted molar refractivity (Wildman–Crippen MR) is 148 cm³/mol. The molecule has 202 valence electrons. The molecule has 0 unspecified atom stereocenters. The van der Waals surface area contributed by atoms with Crippen molar-refractivity contribution in [1.29, 1.82) is 0 Å². The number of aliphatic hydroxyl groups is 1. The van der Waals surface area contributed by atoms with Crippen molar-refractivity contribution >= 4 is 17.7 Å². The van der Waals surface area contributed by atoms with Gasteiger partial charge in [0.15, 0.2) is 0 Å². The Morgan fingerprint density at radius 2 is 1.63 bits per heavy atom. The quantitative estimate of drug-likeness (QED) is 0.296. The Hall–Kier alpha value is -3.88. The van der Waals surface area contributed by atoms with E-state index in [1.54, 1.807) is 52.1 Å². The average molecular weight is 520 g/mol. The van der Waals surface area contributed by atoms with E-state index in [2.05, 4.69) is 16.0 Å². The summed E-state index contributed by atoms with van der Waals surface area (Å²) in [5.74, 6) is 0.410. The van der Waals surface area contributed by atoms with Crippen molar-refractivity contribution in [3.05, 3.63) is 95.6 Å². The minimum absolute atomic E-state index is 0.273. The molecule has 0 aromatic heterocycles. The molecule has 3 rings (SSSR count). The number of carbonyl (C=O) groups excluding carboxylic acids is 2. The highest BCUT2D eigenvalue weighted by Gasteiger charge is 2.23. The summed E-state index contributed by atoms with van der Waals surface area (Å²) in [6, 6.07) is 23.4. The summed E-state index contributed by atoms with van der Waals surface area (Å²) in [6.45, 7) is 6.15. The van der Waals surface area contributed by atoms with Crippen LogP contribution in [0.15, 0.2) is 78.9 Å². The highest BCUT2D eigenvalue weighted by Crippen LogP contribution is 2.15. The van der Waals surface area contributed by atoms with Gasteiger partial charge in [-0.1, -0.05) is 48.5 Å². The van der Waals surface area contributed by atoms with E-state index >= 15 is 0 Å². The molecule has 8 heteroatoms. The number of ether oxygens (including phenoxy) is 2. The Labute approximate surface area is 224 Å². The predicted octanol–water partition coefficient (Wildman–Crippen LogP) is 4.53. The molecule has 0 aliphatic rings. The SMILES string of the molecule is COc1cccc(CNC[C@H](O)[C@H](Cc2ccccc2)NC(=O)c2cccc(NC(=O)OC(C)(C)C)c2)c1. The fraction of sp³-hybridized carbons (Fsp3) is 0.333. The molecule has 2 atom stereocenters. The smallest absolute Gasteiger partial charge is 0.412 e. The van der Waals surface area contributed by atoms with E-state index in [-0.39, 0.29) is 12.5 Å². The first-order chi connectivity index (χ1) is 18.1. The van der Waals surface area contributed by atoms with Gasteiger partial charge in [-0.15, -0.1) is 0 Å². The molecule has 0 radical (unpaired) electrons. The van der Waals surface area contributed by atoms with Crippen LogP contribution in [0.4, 0.5) is 10.5 Å². The topological polar surface area (TPSA) is 109 Å². The van der Waals surface area contributed by atoms with E-state index in [9.17, 15) is 14.7 Å². The average Bonchev–Trinajstić information content (AvgIpc) is 2.88. The van der Waals surface area contributed by atoms with Gasteiger partial charge in [0.2, 0.25) is 0 Å². The number of carbonyl (C=O) groups is 2. The number of amides is 2. The van der Waals surface area contributed by atoms with Gasteiger partial charge in [-0.2, -0.15) is 0 Å². The number of benzene rings is 3. The number of anilines is 1. The van der Waals surface area contributed by atoms with Gasteiger partial charge >= 0.3 is 6.09 Å². The van der Waals surface area contributed by atoms with Crippen LogP contribution in [-0.2, 0) is 17.7 Å². The molecule has 0 aliphatic carbocycles. The summed E-state index contributed by atoms with van der Waals surface area (Å²) in [6.07, 6.45) is -1.01. The van der Waals surface area contributed by atoms with E-state index in [1.807, 2.05) is 54.6 Å².